The quantitative estimate of drug-likeness (QED) is 0.802. The molecule has 0 unspecified atom stereocenters. The van der Waals surface area contributed by atoms with Gasteiger partial charge in [0, 0.05) is 12.6 Å². The molecule has 0 bridgehead atoms. The van der Waals surface area contributed by atoms with Crippen LogP contribution in [0.25, 0.3) is 0 Å². The molecule has 1 heterocycles. The summed E-state index contributed by atoms with van der Waals surface area (Å²) in [7, 11) is -3.74. The van der Waals surface area contributed by atoms with E-state index < -0.39 is 16.0 Å². The van der Waals surface area contributed by atoms with Crippen LogP contribution in [0.2, 0.25) is 0 Å². The summed E-state index contributed by atoms with van der Waals surface area (Å²) in [5.41, 5.74) is 0. The van der Waals surface area contributed by atoms with E-state index in [0.29, 0.717) is 24.7 Å². The standard InChI is InChI=1S/C11H13NO6S/c13-11(14)3-4-12-19(15,16)8-1-2-9-10(7-8)18-6-5-17-9/h1-2,7,12H,3-6H2,(H,13,14). The number of aliphatic carboxylic acids is 1. The molecule has 1 aliphatic heterocycles. The number of nitrogens with one attached hydrogen (secondary N) is 1. The number of sulfonamides is 1. The highest BCUT2D eigenvalue weighted by Crippen LogP contribution is 2.32. The molecular formula is C11H13NO6S. The summed E-state index contributed by atoms with van der Waals surface area (Å²) >= 11 is 0. The number of fused-ring (bicyclic) bond motifs is 1. The summed E-state index contributed by atoms with van der Waals surface area (Å²) < 4.78 is 36.6. The zero-order chi connectivity index (χ0) is 13.9. The van der Waals surface area contributed by atoms with Crippen molar-refractivity contribution in [3.05, 3.63) is 18.2 Å². The zero-order valence-electron chi connectivity index (χ0n) is 9.96. The smallest absolute Gasteiger partial charge is 0.304 e. The minimum atomic E-state index is -3.74. The van der Waals surface area contributed by atoms with Gasteiger partial charge in [0.15, 0.2) is 11.5 Å². The van der Waals surface area contributed by atoms with E-state index in [9.17, 15) is 13.2 Å². The maximum Gasteiger partial charge on any atom is 0.304 e. The van der Waals surface area contributed by atoms with Gasteiger partial charge in [-0.15, -0.1) is 0 Å². The Bertz CT molecular complexity index is 583. The Morgan fingerprint density at radius 1 is 1.26 bits per heavy atom. The number of ether oxygens (including phenoxy) is 2. The van der Waals surface area contributed by atoms with Crippen LogP contribution in [-0.2, 0) is 14.8 Å². The molecule has 2 N–H and O–H groups in total. The van der Waals surface area contributed by atoms with E-state index in [4.69, 9.17) is 14.6 Å². The molecule has 104 valence electrons. The molecule has 0 aliphatic carbocycles. The number of carboxylic acid groups (broad SMARTS) is 1. The lowest BCUT2D eigenvalue weighted by atomic mass is 10.3. The van der Waals surface area contributed by atoms with Gasteiger partial charge in [0.05, 0.1) is 11.3 Å². The summed E-state index contributed by atoms with van der Waals surface area (Å²) in [5.74, 6) is -0.201. The lowest BCUT2D eigenvalue weighted by molar-refractivity contribution is -0.136. The molecule has 0 saturated heterocycles. The van der Waals surface area contributed by atoms with Gasteiger partial charge in [-0.25, -0.2) is 13.1 Å². The Morgan fingerprint density at radius 2 is 1.95 bits per heavy atom. The topological polar surface area (TPSA) is 102 Å². The average molecular weight is 287 g/mol. The van der Waals surface area contributed by atoms with Gasteiger partial charge in [0.25, 0.3) is 0 Å². The van der Waals surface area contributed by atoms with Crippen molar-refractivity contribution in [1.29, 1.82) is 0 Å². The summed E-state index contributed by atoms with van der Waals surface area (Å²) in [6, 6.07) is 4.26. The third-order valence-electron chi connectivity index (χ3n) is 2.45. The lowest BCUT2D eigenvalue weighted by Gasteiger charge is -2.18. The van der Waals surface area contributed by atoms with E-state index in [1.54, 1.807) is 0 Å². The van der Waals surface area contributed by atoms with Gasteiger partial charge in [-0.3, -0.25) is 4.79 Å². The van der Waals surface area contributed by atoms with Crippen LogP contribution < -0.4 is 14.2 Å². The van der Waals surface area contributed by atoms with E-state index in [2.05, 4.69) is 4.72 Å². The van der Waals surface area contributed by atoms with Crippen LogP contribution in [0.15, 0.2) is 23.1 Å². The first kappa shape index (κ1) is 13.6. The zero-order valence-corrected chi connectivity index (χ0v) is 10.8. The number of carbonyl (C=O) groups is 1. The van der Waals surface area contributed by atoms with Crippen molar-refractivity contribution in [2.75, 3.05) is 19.8 Å². The monoisotopic (exact) mass is 287 g/mol. The number of rotatable bonds is 5. The van der Waals surface area contributed by atoms with Crippen LogP contribution in [0.1, 0.15) is 6.42 Å². The van der Waals surface area contributed by atoms with Gasteiger partial charge in [-0.2, -0.15) is 0 Å². The molecule has 0 fully saturated rings. The second-order valence-electron chi connectivity index (χ2n) is 3.85. The molecule has 0 atom stereocenters. The van der Waals surface area contributed by atoms with Crippen molar-refractivity contribution in [2.24, 2.45) is 0 Å². The predicted molar refractivity (Wildman–Crippen MR) is 64.9 cm³/mol. The van der Waals surface area contributed by atoms with Gasteiger partial charge < -0.3 is 14.6 Å². The van der Waals surface area contributed by atoms with E-state index in [0.717, 1.165) is 0 Å². The molecule has 2 rings (SSSR count). The first-order chi connectivity index (χ1) is 8.99. The van der Waals surface area contributed by atoms with Gasteiger partial charge in [-0.1, -0.05) is 0 Å². The molecule has 19 heavy (non-hydrogen) atoms. The van der Waals surface area contributed by atoms with Crippen molar-refractivity contribution in [2.45, 2.75) is 11.3 Å². The normalized spacial score (nSPS) is 14.1. The highest BCUT2D eigenvalue weighted by molar-refractivity contribution is 7.89. The fourth-order valence-electron chi connectivity index (χ4n) is 1.57. The van der Waals surface area contributed by atoms with E-state index >= 15 is 0 Å². The van der Waals surface area contributed by atoms with Crippen LogP contribution in [0.5, 0.6) is 11.5 Å². The Kier molecular flexibility index (Phi) is 3.91. The first-order valence-corrected chi connectivity index (χ1v) is 7.08. The van der Waals surface area contributed by atoms with Gasteiger partial charge >= 0.3 is 5.97 Å². The summed E-state index contributed by atoms with van der Waals surface area (Å²) in [5, 5.41) is 8.47. The Balaban J connectivity index is 2.14. The predicted octanol–water partition coefficient (Wildman–Crippen LogP) is 0.211. The summed E-state index contributed by atoms with van der Waals surface area (Å²) in [6.07, 6.45) is -0.274. The number of benzene rings is 1. The number of hydrogen-bond acceptors (Lipinski definition) is 5. The second-order valence-corrected chi connectivity index (χ2v) is 5.61. The lowest BCUT2D eigenvalue weighted by Crippen LogP contribution is -2.26. The van der Waals surface area contributed by atoms with Crippen LogP contribution in [0, 0.1) is 0 Å². The third-order valence-corrected chi connectivity index (χ3v) is 3.91. The van der Waals surface area contributed by atoms with E-state index in [1.807, 2.05) is 0 Å². The molecule has 1 aliphatic rings. The molecule has 7 nitrogen and oxygen atoms in total. The summed E-state index contributed by atoms with van der Waals surface area (Å²) in [4.78, 5) is 10.4. The van der Waals surface area contributed by atoms with Crippen LogP contribution in [0.3, 0.4) is 0 Å². The van der Waals surface area contributed by atoms with Gasteiger partial charge in [-0.05, 0) is 12.1 Å². The average Bonchev–Trinajstić information content (AvgIpc) is 2.37. The third kappa shape index (κ3) is 3.36. The van der Waals surface area contributed by atoms with Crippen molar-refractivity contribution in [1.82, 2.24) is 4.72 Å². The van der Waals surface area contributed by atoms with Crippen molar-refractivity contribution in [3.63, 3.8) is 0 Å². The Morgan fingerprint density at radius 3 is 2.63 bits per heavy atom. The van der Waals surface area contributed by atoms with E-state index in [1.165, 1.54) is 18.2 Å². The van der Waals surface area contributed by atoms with Crippen molar-refractivity contribution >= 4 is 16.0 Å². The SMILES string of the molecule is O=C(O)CCNS(=O)(=O)c1ccc2c(c1)OCCO2. The minimum absolute atomic E-state index is 0.0159. The van der Waals surface area contributed by atoms with Crippen molar-refractivity contribution in [3.8, 4) is 11.5 Å². The fourth-order valence-corrected chi connectivity index (χ4v) is 2.61. The molecular weight excluding hydrogens is 274 g/mol. The molecule has 0 radical (unpaired) electrons. The van der Waals surface area contributed by atoms with E-state index in [-0.39, 0.29) is 17.9 Å². The first-order valence-electron chi connectivity index (χ1n) is 5.60. The van der Waals surface area contributed by atoms with Crippen LogP contribution in [0.4, 0.5) is 0 Å². The molecule has 0 spiro atoms. The van der Waals surface area contributed by atoms with Gasteiger partial charge in [0.1, 0.15) is 13.2 Å². The van der Waals surface area contributed by atoms with Gasteiger partial charge in [0.2, 0.25) is 10.0 Å². The largest absolute Gasteiger partial charge is 0.486 e. The fraction of sp³-hybridized carbons (Fsp3) is 0.364. The van der Waals surface area contributed by atoms with Crippen LogP contribution in [-0.4, -0.2) is 39.3 Å². The summed E-state index contributed by atoms with van der Waals surface area (Å²) in [6.45, 7) is 0.630. The molecule has 1 aromatic rings. The Labute approximate surface area is 110 Å². The second kappa shape index (κ2) is 5.45. The molecule has 8 heteroatoms. The maximum absolute atomic E-state index is 11.9. The number of carboxylic acids is 1. The number of hydrogen-bond donors (Lipinski definition) is 2. The molecule has 0 aromatic heterocycles. The minimum Gasteiger partial charge on any atom is -0.486 e. The molecule has 0 saturated carbocycles. The van der Waals surface area contributed by atoms with Crippen molar-refractivity contribution < 1.29 is 27.8 Å². The highest BCUT2D eigenvalue weighted by Gasteiger charge is 2.19. The van der Waals surface area contributed by atoms with Crippen LogP contribution >= 0.6 is 0 Å². The molecule has 0 amide bonds. The highest BCUT2D eigenvalue weighted by atomic mass is 32.2. The Hall–Kier alpha value is -1.80. The molecule has 1 aromatic carbocycles. The maximum atomic E-state index is 11.9.